The molecule has 2 heterocycles. The van der Waals surface area contributed by atoms with Gasteiger partial charge in [0.15, 0.2) is 11.5 Å². The molecule has 0 aliphatic carbocycles. The van der Waals surface area contributed by atoms with Gasteiger partial charge in [-0.15, -0.1) is 0 Å². The number of hydrogen-bond acceptors (Lipinski definition) is 6. The predicted octanol–water partition coefficient (Wildman–Crippen LogP) is 1.93. The van der Waals surface area contributed by atoms with Crippen molar-refractivity contribution < 1.29 is 4.79 Å². The second-order valence-corrected chi connectivity index (χ2v) is 4.69. The van der Waals surface area contributed by atoms with E-state index in [1.54, 1.807) is 30.5 Å². The number of aromatic nitrogens is 3. The van der Waals surface area contributed by atoms with Crippen LogP contribution in [0, 0.1) is 0 Å². The molecule has 6 nitrogen and oxygen atoms in total. The van der Waals surface area contributed by atoms with Crippen molar-refractivity contribution in [3.05, 3.63) is 66.2 Å². The number of anilines is 2. The minimum atomic E-state index is -0.316. The number of benzene rings is 1. The number of pyridine rings is 1. The predicted molar refractivity (Wildman–Crippen MR) is 84.0 cm³/mol. The van der Waals surface area contributed by atoms with Gasteiger partial charge in [0.2, 0.25) is 5.78 Å². The lowest BCUT2D eigenvalue weighted by Gasteiger charge is -2.07. The lowest BCUT2D eigenvalue weighted by molar-refractivity contribution is 0.103. The fourth-order valence-corrected chi connectivity index (χ4v) is 2.04. The van der Waals surface area contributed by atoms with E-state index >= 15 is 0 Å². The molecule has 108 valence electrons. The molecule has 6 heteroatoms. The second-order valence-electron chi connectivity index (χ2n) is 4.69. The van der Waals surface area contributed by atoms with Gasteiger partial charge in [0.05, 0.1) is 11.9 Å². The molecule has 3 rings (SSSR count). The quantitative estimate of drug-likeness (QED) is 0.564. The second kappa shape index (κ2) is 5.61. The number of carbonyl (C=O) groups is 1. The zero-order valence-corrected chi connectivity index (χ0v) is 11.6. The molecule has 0 saturated carbocycles. The molecule has 0 aliphatic heterocycles. The van der Waals surface area contributed by atoms with Crippen LogP contribution >= 0.6 is 0 Å². The van der Waals surface area contributed by atoms with E-state index in [-0.39, 0.29) is 17.3 Å². The van der Waals surface area contributed by atoms with Crippen molar-refractivity contribution in [2.45, 2.75) is 0 Å². The topological polar surface area (TPSA) is 108 Å². The fraction of sp³-hybridized carbons (Fsp3) is 0. The maximum Gasteiger partial charge on any atom is 0.216 e. The maximum atomic E-state index is 12.5. The summed E-state index contributed by atoms with van der Waals surface area (Å²) in [6.45, 7) is 0. The average molecular weight is 291 g/mol. The third kappa shape index (κ3) is 2.62. The fourth-order valence-electron chi connectivity index (χ4n) is 2.04. The van der Waals surface area contributed by atoms with Crippen LogP contribution in [0.4, 0.5) is 11.5 Å². The Bertz CT molecular complexity index is 833. The Labute approximate surface area is 126 Å². The molecule has 2 aromatic heterocycles. The largest absolute Gasteiger partial charge is 0.399 e. The van der Waals surface area contributed by atoms with E-state index in [0.29, 0.717) is 16.9 Å². The number of rotatable bonds is 3. The molecule has 1 aromatic carbocycles. The van der Waals surface area contributed by atoms with Gasteiger partial charge in [0, 0.05) is 29.2 Å². The SMILES string of the molecule is Nc1cccc(-c2cnc(N)c(C(=O)c3cccnc3)n2)c1. The molecule has 22 heavy (non-hydrogen) atoms. The van der Waals surface area contributed by atoms with Gasteiger partial charge in [-0.25, -0.2) is 9.97 Å². The van der Waals surface area contributed by atoms with Crippen LogP contribution in [0.2, 0.25) is 0 Å². The third-order valence-electron chi connectivity index (χ3n) is 3.12. The molecule has 0 radical (unpaired) electrons. The average Bonchev–Trinajstić information content (AvgIpc) is 2.55. The smallest absolute Gasteiger partial charge is 0.216 e. The number of nitrogens with zero attached hydrogens (tertiary/aromatic N) is 3. The Hall–Kier alpha value is -3.28. The van der Waals surface area contributed by atoms with Crippen LogP contribution < -0.4 is 11.5 Å². The van der Waals surface area contributed by atoms with Crippen LogP contribution in [0.3, 0.4) is 0 Å². The van der Waals surface area contributed by atoms with Crippen molar-refractivity contribution in [3.63, 3.8) is 0 Å². The molecular formula is C16H13N5O. The highest BCUT2D eigenvalue weighted by Crippen LogP contribution is 2.21. The van der Waals surface area contributed by atoms with Crippen molar-refractivity contribution >= 4 is 17.3 Å². The van der Waals surface area contributed by atoms with Gasteiger partial charge in [-0.1, -0.05) is 12.1 Å². The molecule has 0 unspecified atom stereocenters. The summed E-state index contributed by atoms with van der Waals surface area (Å²) in [4.78, 5) is 24.8. The van der Waals surface area contributed by atoms with Crippen molar-refractivity contribution in [1.29, 1.82) is 0 Å². The molecule has 4 N–H and O–H groups in total. The number of nitrogens with two attached hydrogens (primary N) is 2. The summed E-state index contributed by atoms with van der Waals surface area (Å²) in [6.07, 6.45) is 4.58. The molecular weight excluding hydrogens is 278 g/mol. The standard InChI is InChI=1S/C16H13N5O/c17-12-5-1-3-10(7-12)13-9-20-16(18)14(21-13)15(22)11-4-2-6-19-8-11/h1-9H,17H2,(H2,18,20). The number of ketones is 1. The molecule has 0 atom stereocenters. The Balaban J connectivity index is 2.06. The van der Waals surface area contributed by atoms with Crippen LogP contribution in [-0.2, 0) is 0 Å². The van der Waals surface area contributed by atoms with Gasteiger partial charge in [-0.2, -0.15) is 0 Å². The molecule has 0 aliphatic rings. The van der Waals surface area contributed by atoms with Gasteiger partial charge >= 0.3 is 0 Å². The molecule has 0 fully saturated rings. The normalized spacial score (nSPS) is 10.4. The number of hydrogen-bond donors (Lipinski definition) is 2. The molecule has 0 saturated heterocycles. The highest BCUT2D eigenvalue weighted by molar-refractivity contribution is 6.10. The van der Waals surface area contributed by atoms with Crippen molar-refractivity contribution in [1.82, 2.24) is 15.0 Å². The summed E-state index contributed by atoms with van der Waals surface area (Å²) in [6, 6.07) is 10.5. The third-order valence-corrected chi connectivity index (χ3v) is 3.12. The van der Waals surface area contributed by atoms with E-state index in [0.717, 1.165) is 5.56 Å². The Kier molecular flexibility index (Phi) is 3.49. The summed E-state index contributed by atoms with van der Waals surface area (Å²) in [5.74, 6) is -0.231. The first-order chi connectivity index (χ1) is 10.6. The maximum absolute atomic E-state index is 12.5. The molecule has 0 bridgehead atoms. The zero-order chi connectivity index (χ0) is 15.5. The Morgan fingerprint density at radius 2 is 1.91 bits per heavy atom. The van der Waals surface area contributed by atoms with Crippen LogP contribution in [0.5, 0.6) is 0 Å². The van der Waals surface area contributed by atoms with Gasteiger partial charge < -0.3 is 11.5 Å². The summed E-state index contributed by atoms with van der Waals surface area (Å²) in [5.41, 5.74) is 14.0. The summed E-state index contributed by atoms with van der Waals surface area (Å²) in [5, 5.41) is 0. The lowest BCUT2D eigenvalue weighted by Crippen LogP contribution is -2.10. The highest BCUT2D eigenvalue weighted by atomic mass is 16.1. The summed E-state index contributed by atoms with van der Waals surface area (Å²) < 4.78 is 0. The van der Waals surface area contributed by atoms with Gasteiger partial charge in [0.25, 0.3) is 0 Å². The van der Waals surface area contributed by atoms with Crippen molar-refractivity contribution in [3.8, 4) is 11.3 Å². The first-order valence-corrected chi connectivity index (χ1v) is 6.58. The van der Waals surface area contributed by atoms with E-state index in [1.165, 1.54) is 12.4 Å². The lowest BCUT2D eigenvalue weighted by atomic mass is 10.1. The molecule has 0 amide bonds. The number of carbonyl (C=O) groups excluding carboxylic acids is 1. The summed E-state index contributed by atoms with van der Waals surface area (Å²) >= 11 is 0. The Morgan fingerprint density at radius 3 is 2.64 bits per heavy atom. The van der Waals surface area contributed by atoms with Gasteiger partial charge in [0.1, 0.15) is 0 Å². The van der Waals surface area contributed by atoms with Gasteiger partial charge in [-0.3, -0.25) is 9.78 Å². The van der Waals surface area contributed by atoms with E-state index in [1.807, 2.05) is 12.1 Å². The van der Waals surface area contributed by atoms with Crippen molar-refractivity contribution in [2.24, 2.45) is 0 Å². The van der Waals surface area contributed by atoms with E-state index in [9.17, 15) is 4.79 Å². The minimum Gasteiger partial charge on any atom is -0.399 e. The van der Waals surface area contributed by atoms with E-state index < -0.39 is 0 Å². The van der Waals surface area contributed by atoms with Crippen LogP contribution in [-0.4, -0.2) is 20.7 Å². The highest BCUT2D eigenvalue weighted by Gasteiger charge is 2.16. The molecule has 0 spiro atoms. The minimum absolute atomic E-state index is 0.0847. The van der Waals surface area contributed by atoms with Crippen LogP contribution in [0.15, 0.2) is 55.0 Å². The van der Waals surface area contributed by atoms with E-state index in [4.69, 9.17) is 11.5 Å². The summed E-state index contributed by atoms with van der Waals surface area (Å²) in [7, 11) is 0. The van der Waals surface area contributed by atoms with Crippen LogP contribution in [0.25, 0.3) is 11.3 Å². The first-order valence-electron chi connectivity index (χ1n) is 6.58. The van der Waals surface area contributed by atoms with Gasteiger partial charge in [-0.05, 0) is 24.3 Å². The number of nitrogen functional groups attached to an aromatic ring is 2. The Morgan fingerprint density at radius 1 is 1.05 bits per heavy atom. The monoisotopic (exact) mass is 291 g/mol. The zero-order valence-electron chi connectivity index (χ0n) is 11.6. The van der Waals surface area contributed by atoms with Crippen molar-refractivity contribution in [2.75, 3.05) is 11.5 Å². The molecule has 3 aromatic rings. The first kappa shape index (κ1) is 13.7. The van der Waals surface area contributed by atoms with Crippen LogP contribution in [0.1, 0.15) is 16.1 Å². The van der Waals surface area contributed by atoms with E-state index in [2.05, 4.69) is 15.0 Å².